The molecule has 1 heterocycles. The Morgan fingerprint density at radius 3 is 2.15 bits per heavy atom. The van der Waals surface area contributed by atoms with Crippen molar-refractivity contribution in [1.29, 1.82) is 0 Å². The van der Waals surface area contributed by atoms with E-state index in [1.54, 1.807) is 18.1 Å². The van der Waals surface area contributed by atoms with Crippen molar-refractivity contribution in [2.24, 2.45) is 0 Å². The molecule has 1 aliphatic heterocycles. The second kappa shape index (κ2) is 8.19. The van der Waals surface area contributed by atoms with E-state index < -0.39 is 5.82 Å². The number of carbonyl (C=O) groups excluding carboxylic acids is 1. The van der Waals surface area contributed by atoms with Gasteiger partial charge in [0.15, 0.2) is 0 Å². The quantitative estimate of drug-likeness (QED) is 0.824. The van der Waals surface area contributed by atoms with Crippen LogP contribution in [0.1, 0.15) is 15.9 Å². The summed E-state index contributed by atoms with van der Waals surface area (Å²) in [5, 5.41) is 0. The molecule has 1 saturated heterocycles. The lowest BCUT2D eigenvalue weighted by Gasteiger charge is -2.34. The highest BCUT2D eigenvalue weighted by Crippen LogP contribution is 2.19. The molecule has 6 heteroatoms. The van der Waals surface area contributed by atoms with E-state index in [9.17, 15) is 9.18 Å². The zero-order valence-electron chi connectivity index (χ0n) is 15.1. The average molecular weight is 358 g/mol. The third-order valence-corrected chi connectivity index (χ3v) is 4.63. The molecule has 0 atom stereocenters. The molecular formula is C20H23FN2O3. The Labute approximate surface area is 152 Å². The van der Waals surface area contributed by atoms with Gasteiger partial charge in [-0.15, -0.1) is 0 Å². The summed E-state index contributed by atoms with van der Waals surface area (Å²) in [6, 6.07) is 12.3. The van der Waals surface area contributed by atoms with E-state index in [2.05, 4.69) is 4.90 Å². The van der Waals surface area contributed by atoms with Gasteiger partial charge in [-0.2, -0.15) is 0 Å². The van der Waals surface area contributed by atoms with Crippen molar-refractivity contribution >= 4 is 5.91 Å². The molecule has 0 unspecified atom stereocenters. The van der Waals surface area contributed by atoms with Crippen LogP contribution in [0.25, 0.3) is 0 Å². The van der Waals surface area contributed by atoms with Gasteiger partial charge in [-0.05, 0) is 29.8 Å². The van der Waals surface area contributed by atoms with E-state index >= 15 is 0 Å². The van der Waals surface area contributed by atoms with Crippen LogP contribution in [0.2, 0.25) is 0 Å². The Morgan fingerprint density at radius 2 is 1.58 bits per heavy atom. The minimum absolute atomic E-state index is 0.0920. The number of piperazine rings is 1. The van der Waals surface area contributed by atoms with Crippen molar-refractivity contribution in [2.45, 2.75) is 6.54 Å². The van der Waals surface area contributed by atoms with E-state index in [1.807, 2.05) is 24.3 Å². The Balaban J connectivity index is 1.56. The number of nitrogens with zero attached hydrogens (tertiary/aromatic N) is 2. The first-order valence-electron chi connectivity index (χ1n) is 8.59. The maximum absolute atomic E-state index is 14.1. The predicted octanol–water partition coefficient (Wildman–Crippen LogP) is 2.80. The molecule has 2 aromatic rings. The third kappa shape index (κ3) is 4.14. The van der Waals surface area contributed by atoms with Crippen LogP contribution in [-0.2, 0) is 6.54 Å². The largest absolute Gasteiger partial charge is 0.497 e. The Hall–Kier alpha value is -2.60. The molecule has 0 radical (unpaired) electrons. The molecule has 1 fully saturated rings. The lowest BCUT2D eigenvalue weighted by Crippen LogP contribution is -2.48. The minimum atomic E-state index is -0.546. The molecule has 1 aliphatic rings. The van der Waals surface area contributed by atoms with Gasteiger partial charge in [0, 0.05) is 38.8 Å². The highest BCUT2D eigenvalue weighted by Gasteiger charge is 2.24. The summed E-state index contributed by atoms with van der Waals surface area (Å²) in [6.07, 6.45) is 0. The zero-order chi connectivity index (χ0) is 18.5. The van der Waals surface area contributed by atoms with Gasteiger partial charge in [0.05, 0.1) is 19.8 Å². The van der Waals surface area contributed by atoms with Crippen LogP contribution in [0, 0.1) is 5.82 Å². The van der Waals surface area contributed by atoms with Crippen molar-refractivity contribution in [1.82, 2.24) is 9.80 Å². The first-order valence-corrected chi connectivity index (χ1v) is 8.59. The smallest absolute Gasteiger partial charge is 0.256 e. The molecule has 0 spiro atoms. The number of methoxy groups -OCH3 is 2. The fourth-order valence-electron chi connectivity index (χ4n) is 3.06. The Bertz CT molecular complexity index is 756. The highest BCUT2D eigenvalue weighted by atomic mass is 19.1. The first-order chi connectivity index (χ1) is 12.6. The standard InChI is InChI=1S/C20H23FN2O3/c1-25-16-5-3-15(4-6-16)14-22-9-11-23(12-10-22)20(24)18-8-7-17(26-2)13-19(18)21/h3-8,13H,9-12,14H2,1-2H3. The van der Waals surface area contributed by atoms with Crippen molar-refractivity contribution in [2.75, 3.05) is 40.4 Å². The molecule has 0 aromatic heterocycles. The topological polar surface area (TPSA) is 42.0 Å². The van der Waals surface area contributed by atoms with Gasteiger partial charge in [0.1, 0.15) is 17.3 Å². The minimum Gasteiger partial charge on any atom is -0.497 e. The average Bonchev–Trinajstić information content (AvgIpc) is 2.68. The summed E-state index contributed by atoms with van der Waals surface area (Å²) in [6.45, 7) is 3.51. The van der Waals surface area contributed by atoms with Crippen LogP contribution in [-0.4, -0.2) is 56.1 Å². The number of benzene rings is 2. The molecule has 0 saturated carbocycles. The Kier molecular flexibility index (Phi) is 5.73. The van der Waals surface area contributed by atoms with Crippen LogP contribution in [0.5, 0.6) is 11.5 Å². The van der Waals surface area contributed by atoms with Crippen LogP contribution >= 0.6 is 0 Å². The van der Waals surface area contributed by atoms with Gasteiger partial charge in [-0.3, -0.25) is 9.69 Å². The molecule has 3 rings (SSSR count). The van der Waals surface area contributed by atoms with Crippen molar-refractivity contribution in [3.05, 3.63) is 59.4 Å². The summed E-state index contributed by atoms with van der Waals surface area (Å²) in [5.74, 6) is 0.429. The van der Waals surface area contributed by atoms with Crippen molar-refractivity contribution < 1.29 is 18.7 Å². The molecule has 0 N–H and O–H groups in total. The van der Waals surface area contributed by atoms with Gasteiger partial charge in [0.25, 0.3) is 5.91 Å². The number of hydrogen-bond donors (Lipinski definition) is 0. The lowest BCUT2D eigenvalue weighted by molar-refractivity contribution is 0.0624. The summed E-state index contributed by atoms with van der Waals surface area (Å²) in [4.78, 5) is 16.6. The number of ether oxygens (including phenoxy) is 2. The molecular weight excluding hydrogens is 335 g/mol. The molecule has 5 nitrogen and oxygen atoms in total. The normalized spacial score (nSPS) is 15.0. The van der Waals surface area contributed by atoms with E-state index in [0.717, 1.165) is 25.4 Å². The SMILES string of the molecule is COc1ccc(CN2CCN(C(=O)c3ccc(OC)cc3F)CC2)cc1. The van der Waals surface area contributed by atoms with Crippen LogP contribution in [0.3, 0.4) is 0 Å². The molecule has 1 amide bonds. The molecule has 0 bridgehead atoms. The second-order valence-corrected chi connectivity index (χ2v) is 6.26. The van der Waals surface area contributed by atoms with E-state index in [0.29, 0.717) is 18.8 Å². The van der Waals surface area contributed by atoms with Crippen LogP contribution in [0.4, 0.5) is 4.39 Å². The van der Waals surface area contributed by atoms with E-state index in [-0.39, 0.29) is 11.5 Å². The number of hydrogen-bond acceptors (Lipinski definition) is 4. The molecule has 2 aromatic carbocycles. The van der Waals surface area contributed by atoms with Gasteiger partial charge in [-0.25, -0.2) is 4.39 Å². The first kappa shape index (κ1) is 18.2. The number of rotatable bonds is 5. The Morgan fingerprint density at radius 1 is 0.962 bits per heavy atom. The summed E-state index contributed by atoms with van der Waals surface area (Å²) in [5.41, 5.74) is 1.29. The van der Waals surface area contributed by atoms with Gasteiger partial charge in [-0.1, -0.05) is 12.1 Å². The molecule has 0 aliphatic carbocycles. The van der Waals surface area contributed by atoms with Gasteiger partial charge in [0.2, 0.25) is 0 Å². The second-order valence-electron chi connectivity index (χ2n) is 6.26. The maximum atomic E-state index is 14.1. The van der Waals surface area contributed by atoms with Crippen LogP contribution in [0.15, 0.2) is 42.5 Å². The predicted molar refractivity (Wildman–Crippen MR) is 97.1 cm³/mol. The zero-order valence-corrected chi connectivity index (χ0v) is 15.1. The summed E-state index contributed by atoms with van der Waals surface area (Å²) in [7, 11) is 3.12. The van der Waals surface area contributed by atoms with E-state index in [4.69, 9.17) is 9.47 Å². The van der Waals surface area contributed by atoms with Gasteiger partial charge < -0.3 is 14.4 Å². The fraction of sp³-hybridized carbons (Fsp3) is 0.350. The molecule has 26 heavy (non-hydrogen) atoms. The third-order valence-electron chi connectivity index (χ3n) is 4.63. The monoisotopic (exact) mass is 358 g/mol. The fourth-order valence-corrected chi connectivity index (χ4v) is 3.06. The number of amides is 1. The van der Waals surface area contributed by atoms with Crippen molar-refractivity contribution in [3.63, 3.8) is 0 Å². The number of halogens is 1. The maximum Gasteiger partial charge on any atom is 0.256 e. The molecule has 138 valence electrons. The summed E-state index contributed by atoms with van der Waals surface area (Å²) >= 11 is 0. The van der Waals surface area contributed by atoms with Crippen molar-refractivity contribution in [3.8, 4) is 11.5 Å². The highest BCUT2D eigenvalue weighted by molar-refractivity contribution is 5.94. The summed E-state index contributed by atoms with van der Waals surface area (Å²) < 4.78 is 24.3. The van der Waals surface area contributed by atoms with Crippen LogP contribution < -0.4 is 9.47 Å². The van der Waals surface area contributed by atoms with E-state index in [1.165, 1.54) is 24.8 Å². The lowest BCUT2D eigenvalue weighted by atomic mass is 10.1. The number of carbonyl (C=O) groups is 1. The van der Waals surface area contributed by atoms with Gasteiger partial charge >= 0.3 is 0 Å².